The van der Waals surface area contributed by atoms with Crippen LogP contribution in [0.3, 0.4) is 0 Å². The lowest BCUT2D eigenvalue weighted by atomic mass is 10.0. The Bertz CT molecular complexity index is 661. The maximum absolute atomic E-state index is 12.6. The molecular weight excluding hydrogens is 348 g/mol. The molecule has 0 saturated carbocycles. The van der Waals surface area contributed by atoms with Crippen molar-refractivity contribution in [3.05, 3.63) is 23.8 Å². The van der Waals surface area contributed by atoms with E-state index in [2.05, 4.69) is 5.32 Å². The third-order valence-corrected chi connectivity index (χ3v) is 4.37. The second kappa shape index (κ2) is 8.97. The SMILES string of the molecule is COc1ccc(CC(=O)N2CCC(NC(=O)OC(C)(C)C)CC2)cc1OC. The average Bonchev–Trinajstić information content (AvgIpc) is 2.60. The van der Waals surface area contributed by atoms with Gasteiger partial charge in [-0.1, -0.05) is 6.07 Å². The van der Waals surface area contributed by atoms with Crippen molar-refractivity contribution >= 4 is 12.0 Å². The van der Waals surface area contributed by atoms with Gasteiger partial charge in [0.15, 0.2) is 11.5 Å². The number of methoxy groups -OCH3 is 2. The number of hydrogen-bond donors (Lipinski definition) is 1. The van der Waals surface area contributed by atoms with Gasteiger partial charge in [-0.2, -0.15) is 0 Å². The number of likely N-dealkylation sites (tertiary alicyclic amines) is 1. The third-order valence-electron chi connectivity index (χ3n) is 4.37. The van der Waals surface area contributed by atoms with Gasteiger partial charge in [-0.25, -0.2) is 4.79 Å². The lowest BCUT2D eigenvalue weighted by Gasteiger charge is -2.33. The summed E-state index contributed by atoms with van der Waals surface area (Å²) in [7, 11) is 3.16. The fourth-order valence-electron chi connectivity index (χ4n) is 3.02. The molecule has 7 nitrogen and oxygen atoms in total. The number of nitrogens with zero attached hydrogens (tertiary/aromatic N) is 1. The summed E-state index contributed by atoms with van der Waals surface area (Å²) in [6.45, 7) is 6.74. The van der Waals surface area contributed by atoms with Gasteiger partial charge in [0.25, 0.3) is 0 Å². The van der Waals surface area contributed by atoms with Gasteiger partial charge in [0.05, 0.1) is 20.6 Å². The Balaban J connectivity index is 1.84. The Kier molecular flexibility index (Phi) is 6.93. The van der Waals surface area contributed by atoms with E-state index in [0.29, 0.717) is 31.0 Å². The van der Waals surface area contributed by atoms with Crippen LogP contribution in [-0.4, -0.2) is 55.9 Å². The maximum atomic E-state index is 12.6. The van der Waals surface area contributed by atoms with E-state index < -0.39 is 11.7 Å². The molecule has 27 heavy (non-hydrogen) atoms. The van der Waals surface area contributed by atoms with Crippen LogP contribution >= 0.6 is 0 Å². The molecule has 1 aliphatic rings. The molecule has 0 unspecified atom stereocenters. The Morgan fingerprint density at radius 2 is 1.74 bits per heavy atom. The first-order valence-corrected chi connectivity index (χ1v) is 9.20. The number of alkyl carbamates (subject to hydrolysis) is 1. The lowest BCUT2D eigenvalue weighted by Crippen LogP contribution is -2.47. The second-order valence-electron chi connectivity index (χ2n) is 7.67. The molecule has 150 valence electrons. The number of carbonyl (C=O) groups excluding carboxylic acids is 2. The highest BCUT2D eigenvalue weighted by Gasteiger charge is 2.25. The largest absolute Gasteiger partial charge is 0.493 e. The summed E-state index contributed by atoms with van der Waals surface area (Å²) in [5.41, 5.74) is 0.367. The molecule has 1 N–H and O–H groups in total. The molecule has 1 heterocycles. The van der Waals surface area contributed by atoms with Crippen LogP contribution in [0.1, 0.15) is 39.2 Å². The van der Waals surface area contributed by atoms with E-state index in [-0.39, 0.29) is 11.9 Å². The number of benzene rings is 1. The van der Waals surface area contributed by atoms with Crippen LogP contribution in [0.5, 0.6) is 11.5 Å². The highest BCUT2D eigenvalue weighted by Crippen LogP contribution is 2.28. The Hall–Kier alpha value is -2.44. The molecule has 1 aromatic rings. The summed E-state index contributed by atoms with van der Waals surface area (Å²) in [5.74, 6) is 1.32. The number of carbonyl (C=O) groups is 2. The predicted octanol–water partition coefficient (Wildman–Crippen LogP) is 2.76. The van der Waals surface area contributed by atoms with Gasteiger partial charge >= 0.3 is 6.09 Å². The molecule has 0 bridgehead atoms. The van der Waals surface area contributed by atoms with Crippen LogP contribution in [0.25, 0.3) is 0 Å². The van der Waals surface area contributed by atoms with Crippen molar-refractivity contribution in [3.63, 3.8) is 0 Å². The Labute approximate surface area is 161 Å². The fraction of sp³-hybridized carbons (Fsp3) is 0.600. The van der Waals surface area contributed by atoms with Gasteiger partial charge in [0, 0.05) is 19.1 Å². The first-order chi connectivity index (χ1) is 12.7. The molecule has 1 saturated heterocycles. The zero-order chi connectivity index (χ0) is 20.0. The van der Waals surface area contributed by atoms with Gasteiger partial charge in [-0.05, 0) is 51.3 Å². The summed E-state index contributed by atoms with van der Waals surface area (Å²) >= 11 is 0. The quantitative estimate of drug-likeness (QED) is 0.853. The topological polar surface area (TPSA) is 77.1 Å². The van der Waals surface area contributed by atoms with Gasteiger partial charge in [0.2, 0.25) is 5.91 Å². The number of rotatable bonds is 5. The predicted molar refractivity (Wildman–Crippen MR) is 102 cm³/mol. The van der Waals surface area contributed by atoms with E-state index in [1.54, 1.807) is 20.3 Å². The minimum atomic E-state index is -0.514. The van der Waals surface area contributed by atoms with Gasteiger partial charge < -0.3 is 24.4 Å². The molecular formula is C20H30N2O5. The van der Waals surface area contributed by atoms with Crippen molar-refractivity contribution < 1.29 is 23.8 Å². The molecule has 1 aliphatic heterocycles. The highest BCUT2D eigenvalue weighted by molar-refractivity contribution is 5.79. The van der Waals surface area contributed by atoms with E-state index in [0.717, 1.165) is 18.4 Å². The van der Waals surface area contributed by atoms with E-state index >= 15 is 0 Å². The van der Waals surface area contributed by atoms with Crippen LogP contribution < -0.4 is 14.8 Å². The summed E-state index contributed by atoms with van der Waals surface area (Å²) in [6.07, 6.45) is 1.34. The second-order valence-corrected chi connectivity index (χ2v) is 7.67. The zero-order valence-corrected chi connectivity index (χ0v) is 16.8. The average molecular weight is 378 g/mol. The van der Waals surface area contributed by atoms with Crippen LogP contribution in [0.2, 0.25) is 0 Å². The van der Waals surface area contributed by atoms with Gasteiger partial charge in [-0.3, -0.25) is 4.79 Å². The molecule has 1 fully saturated rings. The van der Waals surface area contributed by atoms with Crippen molar-refractivity contribution in [1.82, 2.24) is 10.2 Å². The van der Waals surface area contributed by atoms with Crippen molar-refractivity contribution in [2.45, 2.75) is 51.7 Å². The van der Waals surface area contributed by atoms with Crippen molar-refractivity contribution in [1.29, 1.82) is 0 Å². The molecule has 0 spiro atoms. The van der Waals surface area contributed by atoms with Crippen molar-refractivity contribution in [3.8, 4) is 11.5 Å². The number of hydrogen-bond acceptors (Lipinski definition) is 5. The molecule has 0 radical (unpaired) electrons. The maximum Gasteiger partial charge on any atom is 0.407 e. The smallest absolute Gasteiger partial charge is 0.407 e. The van der Waals surface area contributed by atoms with Gasteiger partial charge in [-0.15, -0.1) is 0 Å². The molecule has 0 atom stereocenters. The summed E-state index contributed by atoms with van der Waals surface area (Å²) in [5, 5.41) is 2.88. The molecule has 1 aromatic carbocycles. The number of piperidine rings is 1. The highest BCUT2D eigenvalue weighted by atomic mass is 16.6. The summed E-state index contributed by atoms with van der Waals surface area (Å²) in [4.78, 5) is 26.3. The molecule has 2 rings (SSSR count). The first kappa shape index (κ1) is 20.9. The number of nitrogens with one attached hydrogen (secondary N) is 1. The molecule has 2 amide bonds. The number of amides is 2. The summed E-state index contributed by atoms with van der Waals surface area (Å²) < 4.78 is 15.8. The van der Waals surface area contributed by atoms with Crippen LogP contribution in [0.15, 0.2) is 18.2 Å². The molecule has 0 aliphatic carbocycles. The Morgan fingerprint density at radius 1 is 1.11 bits per heavy atom. The summed E-state index contributed by atoms with van der Waals surface area (Å²) in [6, 6.07) is 5.53. The van der Waals surface area contributed by atoms with E-state index in [1.165, 1.54) is 0 Å². The van der Waals surface area contributed by atoms with E-state index in [9.17, 15) is 9.59 Å². The molecule has 7 heteroatoms. The van der Waals surface area contributed by atoms with E-state index in [4.69, 9.17) is 14.2 Å². The monoisotopic (exact) mass is 378 g/mol. The van der Waals surface area contributed by atoms with Crippen LogP contribution in [0.4, 0.5) is 4.79 Å². The zero-order valence-electron chi connectivity index (χ0n) is 16.8. The standard InChI is InChI=1S/C20H30N2O5/c1-20(2,3)27-19(24)21-15-8-10-22(11-9-15)18(23)13-14-6-7-16(25-4)17(12-14)26-5/h6-7,12,15H,8-11,13H2,1-5H3,(H,21,24). The minimum absolute atomic E-state index is 0.0324. The van der Waals surface area contributed by atoms with E-state index in [1.807, 2.05) is 37.8 Å². The minimum Gasteiger partial charge on any atom is -0.493 e. The van der Waals surface area contributed by atoms with Crippen LogP contribution in [-0.2, 0) is 16.0 Å². The van der Waals surface area contributed by atoms with Gasteiger partial charge in [0.1, 0.15) is 5.60 Å². The fourth-order valence-corrected chi connectivity index (χ4v) is 3.02. The molecule has 0 aromatic heterocycles. The number of ether oxygens (including phenoxy) is 3. The lowest BCUT2D eigenvalue weighted by molar-refractivity contribution is -0.131. The third kappa shape index (κ3) is 6.34. The van der Waals surface area contributed by atoms with Crippen molar-refractivity contribution in [2.24, 2.45) is 0 Å². The first-order valence-electron chi connectivity index (χ1n) is 9.20. The van der Waals surface area contributed by atoms with Crippen molar-refractivity contribution in [2.75, 3.05) is 27.3 Å². The van der Waals surface area contributed by atoms with Crippen LogP contribution in [0, 0.1) is 0 Å². The normalized spacial score (nSPS) is 15.2. The Morgan fingerprint density at radius 3 is 2.30 bits per heavy atom.